The first-order valence-corrected chi connectivity index (χ1v) is 12.7. The van der Waals surface area contributed by atoms with Gasteiger partial charge in [-0.25, -0.2) is 0 Å². The van der Waals surface area contributed by atoms with Crippen LogP contribution in [0, 0.1) is 0 Å². The van der Waals surface area contributed by atoms with E-state index in [2.05, 4.69) is 27.2 Å². The van der Waals surface area contributed by atoms with Crippen molar-refractivity contribution in [1.82, 2.24) is 9.38 Å². The Morgan fingerprint density at radius 3 is 2.54 bits per heavy atom. The first-order chi connectivity index (χ1) is 17.0. The van der Waals surface area contributed by atoms with Crippen LogP contribution in [0.5, 0.6) is 5.75 Å². The summed E-state index contributed by atoms with van der Waals surface area (Å²) in [6.07, 6.45) is 0. The molecule has 3 heterocycles. The van der Waals surface area contributed by atoms with Gasteiger partial charge in [-0.2, -0.15) is 0 Å². The maximum absolute atomic E-state index is 13.0. The lowest BCUT2D eigenvalue weighted by molar-refractivity contribution is 0.101. The molecule has 1 saturated heterocycles. The van der Waals surface area contributed by atoms with E-state index in [0.717, 1.165) is 59.1 Å². The zero-order chi connectivity index (χ0) is 24.4. The molecule has 1 amide bonds. The number of ether oxygens (including phenoxy) is 1. The Labute approximate surface area is 209 Å². The number of thiophene rings is 1. The first kappa shape index (κ1) is 23.5. The SMILES string of the molecule is CB(O)N1CCN(c2ccc(OCc3ccccc3NC(=O)c3cc4sccc4n3C)cc2)CC1. The fourth-order valence-electron chi connectivity index (χ4n) is 4.49. The Hall–Kier alpha value is -3.27. The molecule has 1 aliphatic rings. The third-order valence-electron chi connectivity index (χ3n) is 6.60. The van der Waals surface area contributed by atoms with Gasteiger partial charge >= 0.3 is 7.05 Å². The van der Waals surface area contributed by atoms with Gasteiger partial charge in [-0.05, 0) is 54.7 Å². The minimum Gasteiger partial charge on any atom is -0.489 e. The van der Waals surface area contributed by atoms with Gasteiger partial charge in [0.1, 0.15) is 18.1 Å². The Morgan fingerprint density at radius 2 is 1.83 bits per heavy atom. The number of anilines is 2. The molecule has 0 saturated carbocycles. The van der Waals surface area contributed by atoms with Gasteiger partial charge in [0.15, 0.2) is 0 Å². The van der Waals surface area contributed by atoms with Crippen molar-refractivity contribution in [2.45, 2.75) is 13.4 Å². The van der Waals surface area contributed by atoms with E-state index < -0.39 is 7.05 Å². The summed E-state index contributed by atoms with van der Waals surface area (Å²) in [6.45, 7) is 5.63. The van der Waals surface area contributed by atoms with Crippen molar-refractivity contribution in [3.8, 4) is 5.75 Å². The molecule has 5 rings (SSSR count). The molecule has 0 spiro atoms. The number of rotatable bonds is 7. The Kier molecular flexibility index (Phi) is 6.81. The molecule has 180 valence electrons. The van der Waals surface area contributed by atoms with Gasteiger partial charge in [0.05, 0.1) is 10.2 Å². The number of aryl methyl sites for hydroxylation is 1. The predicted molar refractivity (Wildman–Crippen MR) is 144 cm³/mol. The van der Waals surface area contributed by atoms with Crippen LogP contribution in [0.25, 0.3) is 10.2 Å². The van der Waals surface area contributed by atoms with Gasteiger partial charge in [-0.3, -0.25) is 4.79 Å². The molecule has 1 aliphatic heterocycles. The first-order valence-electron chi connectivity index (χ1n) is 11.8. The lowest BCUT2D eigenvalue weighted by Gasteiger charge is -2.36. The number of benzene rings is 2. The number of hydrogen-bond donors (Lipinski definition) is 2. The van der Waals surface area contributed by atoms with Gasteiger partial charge in [-0.1, -0.05) is 18.2 Å². The van der Waals surface area contributed by atoms with E-state index in [1.807, 2.05) is 72.3 Å². The lowest BCUT2D eigenvalue weighted by atomic mass is 9.84. The second-order valence-corrected chi connectivity index (χ2v) is 9.76. The van der Waals surface area contributed by atoms with Crippen LogP contribution in [0.2, 0.25) is 6.82 Å². The van der Waals surface area contributed by atoms with Crippen LogP contribution in [-0.4, -0.2) is 53.5 Å². The molecule has 9 heteroatoms. The summed E-state index contributed by atoms with van der Waals surface area (Å²) in [5, 5.41) is 14.8. The molecule has 35 heavy (non-hydrogen) atoms. The molecule has 0 atom stereocenters. The molecule has 4 aromatic rings. The van der Waals surface area contributed by atoms with Crippen LogP contribution < -0.4 is 15.0 Å². The van der Waals surface area contributed by atoms with E-state index in [-0.39, 0.29) is 5.91 Å². The number of carbonyl (C=O) groups is 1. The molecule has 7 nitrogen and oxygen atoms in total. The number of amides is 1. The zero-order valence-electron chi connectivity index (χ0n) is 20.0. The monoisotopic (exact) mass is 488 g/mol. The quantitative estimate of drug-likeness (QED) is 0.380. The number of carbonyl (C=O) groups excluding carboxylic acids is 1. The Bertz CT molecular complexity index is 1310. The molecule has 0 unspecified atom stereocenters. The van der Waals surface area contributed by atoms with Crippen molar-refractivity contribution in [3.63, 3.8) is 0 Å². The third kappa shape index (κ3) is 5.07. The molecule has 1 fully saturated rings. The molecular weight excluding hydrogens is 459 g/mol. The minimum absolute atomic E-state index is 0.136. The number of hydrogen-bond acceptors (Lipinski definition) is 6. The molecule has 0 radical (unpaired) electrons. The molecule has 0 aliphatic carbocycles. The van der Waals surface area contributed by atoms with Gasteiger partial charge in [0.25, 0.3) is 5.91 Å². The Balaban J connectivity index is 1.21. The van der Waals surface area contributed by atoms with Crippen LogP contribution in [0.15, 0.2) is 66.0 Å². The predicted octanol–water partition coefficient (Wildman–Crippen LogP) is 4.30. The van der Waals surface area contributed by atoms with E-state index >= 15 is 0 Å². The van der Waals surface area contributed by atoms with Gasteiger partial charge in [0.2, 0.25) is 0 Å². The highest BCUT2D eigenvalue weighted by atomic mass is 32.1. The van der Waals surface area contributed by atoms with Crippen molar-refractivity contribution < 1.29 is 14.6 Å². The van der Waals surface area contributed by atoms with E-state index in [1.54, 1.807) is 11.3 Å². The number of piperazine rings is 1. The topological polar surface area (TPSA) is 70.0 Å². The standard InChI is InChI=1S/C26H29BN4O3S/c1-27(33)31-14-12-30(13-15-31)20-7-9-21(10-8-20)34-18-19-5-3-4-6-22(19)28-26(32)24-17-25-23(29(24)2)11-16-35-25/h3-11,16-17,33H,12-15,18H2,1-2H3,(H,28,32). The minimum atomic E-state index is -0.398. The maximum atomic E-state index is 13.0. The molecule has 2 aromatic carbocycles. The van der Waals surface area contributed by atoms with Gasteiger partial charge < -0.3 is 29.4 Å². The van der Waals surface area contributed by atoms with Crippen molar-refractivity contribution in [2.24, 2.45) is 7.05 Å². The van der Waals surface area contributed by atoms with Crippen molar-refractivity contribution in [2.75, 3.05) is 36.4 Å². The largest absolute Gasteiger partial charge is 0.489 e. The normalized spacial score (nSPS) is 14.3. The lowest BCUT2D eigenvalue weighted by Crippen LogP contribution is -2.51. The van der Waals surface area contributed by atoms with Crippen LogP contribution in [-0.2, 0) is 13.7 Å². The summed E-state index contributed by atoms with van der Waals surface area (Å²) in [5.74, 6) is 0.642. The van der Waals surface area contributed by atoms with Crippen molar-refractivity contribution in [3.05, 3.63) is 77.3 Å². The summed E-state index contributed by atoms with van der Waals surface area (Å²) in [6, 6.07) is 19.8. The fraction of sp³-hybridized carbons (Fsp3) is 0.269. The second-order valence-electron chi connectivity index (χ2n) is 8.81. The highest BCUT2D eigenvalue weighted by molar-refractivity contribution is 7.17. The summed E-state index contributed by atoms with van der Waals surface area (Å²) in [5.41, 5.74) is 4.50. The van der Waals surface area contributed by atoms with Crippen LogP contribution in [0.1, 0.15) is 16.1 Å². The van der Waals surface area contributed by atoms with Gasteiger partial charge in [-0.15, -0.1) is 11.3 Å². The van der Waals surface area contributed by atoms with Crippen LogP contribution >= 0.6 is 11.3 Å². The molecule has 2 N–H and O–H groups in total. The summed E-state index contributed by atoms with van der Waals surface area (Å²) < 4.78 is 9.08. The van der Waals surface area contributed by atoms with E-state index in [0.29, 0.717) is 12.3 Å². The Morgan fingerprint density at radius 1 is 1.09 bits per heavy atom. The van der Waals surface area contributed by atoms with Crippen LogP contribution in [0.3, 0.4) is 0 Å². The van der Waals surface area contributed by atoms with Crippen LogP contribution in [0.4, 0.5) is 11.4 Å². The number of fused-ring (bicyclic) bond motifs is 1. The van der Waals surface area contributed by atoms with E-state index in [1.165, 1.54) is 0 Å². The smallest absolute Gasteiger partial charge is 0.376 e. The highest BCUT2D eigenvalue weighted by Crippen LogP contribution is 2.26. The third-order valence-corrected chi connectivity index (χ3v) is 7.45. The average molecular weight is 488 g/mol. The molecule has 0 bridgehead atoms. The van der Waals surface area contributed by atoms with E-state index in [4.69, 9.17) is 4.74 Å². The number of aromatic nitrogens is 1. The number of nitrogens with one attached hydrogen (secondary N) is 1. The highest BCUT2D eigenvalue weighted by Gasteiger charge is 2.22. The second kappa shape index (κ2) is 10.2. The van der Waals surface area contributed by atoms with Crippen molar-refractivity contribution >= 4 is 45.9 Å². The zero-order valence-corrected chi connectivity index (χ0v) is 20.8. The summed E-state index contributed by atoms with van der Waals surface area (Å²) >= 11 is 1.63. The molecular formula is C26H29BN4O3S. The fourth-order valence-corrected chi connectivity index (χ4v) is 5.34. The maximum Gasteiger partial charge on any atom is 0.376 e. The van der Waals surface area contributed by atoms with E-state index in [9.17, 15) is 9.82 Å². The van der Waals surface area contributed by atoms with Crippen molar-refractivity contribution in [1.29, 1.82) is 0 Å². The molecule has 2 aromatic heterocycles. The van der Waals surface area contributed by atoms with Gasteiger partial charge in [0, 0.05) is 50.2 Å². The number of nitrogens with zero attached hydrogens (tertiary/aromatic N) is 3. The number of para-hydroxylation sites is 1. The average Bonchev–Trinajstić information content (AvgIpc) is 3.47. The summed E-state index contributed by atoms with van der Waals surface area (Å²) in [4.78, 5) is 17.4. The summed E-state index contributed by atoms with van der Waals surface area (Å²) in [7, 11) is 1.51.